The van der Waals surface area contributed by atoms with Gasteiger partial charge in [0, 0.05) is 23.6 Å². The van der Waals surface area contributed by atoms with Crippen molar-refractivity contribution in [3.63, 3.8) is 0 Å². The minimum absolute atomic E-state index is 0.121. The van der Waals surface area contributed by atoms with Crippen LogP contribution in [-0.2, 0) is 0 Å². The fourth-order valence-corrected chi connectivity index (χ4v) is 5.04. The number of nitrogens with one attached hydrogen (secondary N) is 1. The lowest BCUT2D eigenvalue weighted by molar-refractivity contribution is 0.0923. The monoisotopic (exact) mass is 452 g/mol. The number of ketones is 1. The van der Waals surface area contributed by atoms with Crippen molar-refractivity contribution in [1.82, 2.24) is 4.98 Å². The van der Waals surface area contributed by atoms with E-state index in [-0.39, 0.29) is 32.7 Å². The average molecular weight is 453 g/mol. The highest BCUT2D eigenvalue weighted by Crippen LogP contribution is 2.33. The third-order valence-corrected chi connectivity index (χ3v) is 6.84. The van der Waals surface area contributed by atoms with Crippen LogP contribution in [0.3, 0.4) is 0 Å². The first kappa shape index (κ1) is 20.7. The molecule has 4 aromatic rings. The molecule has 1 fully saturated rings. The molecule has 0 amide bonds. The standard InChI is InChI=1S/C25H19F3N2OS/c26-18-12-20(28)24-22(13-18)30-25(32-24)29-21-10-9-17(11-19(21)27)14-5-7-16(8-6-14)23(31)15-3-1-2-4-15/h5-13,15H,1-4H2,(H,29,30). The molecule has 0 atom stereocenters. The SMILES string of the molecule is O=C(c1ccc(-c2ccc(Nc3nc4cc(F)cc(F)c4s3)c(F)c2)cc1)C1CCCC1. The summed E-state index contributed by atoms with van der Waals surface area (Å²) in [5, 5.41) is 3.11. The fourth-order valence-electron chi connectivity index (χ4n) is 4.18. The molecule has 0 saturated heterocycles. The van der Waals surface area contributed by atoms with Gasteiger partial charge in [-0.15, -0.1) is 0 Å². The number of hydrogen-bond donors (Lipinski definition) is 1. The molecule has 1 N–H and O–H groups in total. The number of aromatic nitrogens is 1. The summed E-state index contributed by atoms with van der Waals surface area (Å²) in [6.07, 6.45) is 4.13. The number of carbonyl (C=O) groups excluding carboxylic acids is 1. The van der Waals surface area contributed by atoms with Gasteiger partial charge >= 0.3 is 0 Å². The minimum Gasteiger partial charge on any atom is -0.329 e. The summed E-state index contributed by atoms with van der Waals surface area (Å²) in [6, 6.07) is 13.9. The maximum Gasteiger partial charge on any atom is 0.188 e. The molecule has 1 aromatic heterocycles. The van der Waals surface area contributed by atoms with Gasteiger partial charge in [0.2, 0.25) is 0 Å². The van der Waals surface area contributed by atoms with Gasteiger partial charge in [-0.05, 0) is 36.1 Å². The van der Waals surface area contributed by atoms with Gasteiger partial charge in [0.25, 0.3) is 0 Å². The number of benzene rings is 3. The van der Waals surface area contributed by atoms with Crippen molar-refractivity contribution in [3.05, 3.63) is 77.6 Å². The molecule has 3 nitrogen and oxygen atoms in total. The van der Waals surface area contributed by atoms with Crippen molar-refractivity contribution < 1.29 is 18.0 Å². The zero-order valence-corrected chi connectivity index (χ0v) is 17.8. The molecule has 1 aliphatic carbocycles. The fraction of sp³-hybridized carbons (Fsp3) is 0.200. The maximum atomic E-state index is 14.8. The molecule has 0 radical (unpaired) electrons. The summed E-state index contributed by atoms with van der Waals surface area (Å²) in [4.78, 5) is 16.7. The van der Waals surface area contributed by atoms with E-state index in [1.807, 2.05) is 12.1 Å². The third-order valence-electron chi connectivity index (χ3n) is 5.85. The lowest BCUT2D eigenvalue weighted by Gasteiger charge is -2.10. The van der Waals surface area contributed by atoms with Crippen molar-refractivity contribution in [2.75, 3.05) is 5.32 Å². The van der Waals surface area contributed by atoms with Crippen LogP contribution in [0.2, 0.25) is 0 Å². The number of anilines is 2. The second-order valence-electron chi connectivity index (χ2n) is 8.00. The number of thiazole rings is 1. The summed E-state index contributed by atoms with van der Waals surface area (Å²) < 4.78 is 42.2. The third kappa shape index (κ3) is 4.00. The lowest BCUT2D eigenvalue weighted by Crippen LogP contribution is -2.10. The Balaban J connectivity index is 1.35. The smallest absolute Gasteiger partial charge is 0.188 e. The Morgan fingerprint density at radius 1 is 0.906 bits per heavy atom. The predicted octanol–water partition coefficient (Wildman–Crippen LogP) is 7.50. The topological polar surface area (TPSA) is 42.0 Å². The van der Waals surface area contributed by atoms with Crippen molar-refractivity contribution in [2.24, 2.45) is 5.92 Å². The van der Waals surface area contributed by atoms with Crippen molar-refractivity contribution in [3.8, 4) is 11.1 Å². The van der Waals surface area contributed by atoms with E-state index < -0.39 is 17.5 Å². The minimum atomic E-state index is -0.710. The molecule has 1 aliphatic rings. The Morgan fingerprint density at radius 2 is 1.62 bits per heavy atom. The van der Waals surface area contributed by atoms with Crippen LogP contribution >= 0.6 is 11.3 Å². The van der Waals surface area contributed by atoms with E-state index in [0.29, 0.717) is 11.1 Å². The predicted molar refractivity (Wildman–Crippen MR) is 121 cm³/mol. The Kier molecular flexibility index (Phi) is 5.43. The summed E-state index contributed by atoms with van der Waals surface area (Å²) in [5.41, 5.74) is 2.53. The number of hydrogen-bond acceptors (Lipinski definition) is 4. The van der Waals surface area contributed by atoms with Crippen LogP contribution in [0.1, 0.15) is 36.0 Å². The van der Waals surface area contributed by atoms with E-state index in [9.17, 15) is 18.0 Å². The van der Waals surface area contributed by atoms with Gasteiger partial charge in [0.15, 0.2) is 10.9 Å². The van der Waals surface area contributed by atoms with Crippen molar-refractivity contribution >= 4 is 38.2 Å². The van der Waals surface area contributed by atoms with Crippen LogP contribution in [-0.4, -0.2) is 10.8 Å². The van der Waals surface area contributed by atoms with Gasteiger partial charge in [-0.2, -0.15) is 0 Å². The molecule has 3 aromatic carbocycles. The Hall–Kier alpha value is -3.19. The Morgan fingerprint density at radius 3 is 2.34 bits per heavy atom. The highest BCUT2D eigenvalue weighted by Gasteiger charge is 2.23. The van der Waals surface area contributed by atoms with E-state index in [4.69, 9.17) is 0 Å². The van der Waals surface area contributed by atoms with Crippen LogP contribution in [0.5, 0.6) is 0 Å². The van der Waals surface area contributed by atoms with Crippen LogP contribution < -0.4 is 5.32 Å². The molecule has 0 aliphatic heterocycles. The molecule has 162 valence electrons. The first-order valence-corrected chi connectivity index (χ1v) is 11.3. The number of halogens is 3. The lowest BCUT2D eigenvalue weighted by atomic mass is 9.94. The van der Waals surface area contributed by atoms with Gasteiger partial charge in [-0.1, -0.05) is 54.5 Å². The second-order valence-corrected chi connectivity index (χ2v) is 9.00. The quantitative estimate of drug-likeness (QED) is 0.319. The first-order chi connectivity index (χ1) is 15.5. The van der Waals surface area contributed by atoms with Crippen molar-refractivity contribution in [2.45, 2.75) is 25.7 Å². The van der Waals surface area contributed by atoms with Gasteiger partial charge in [-0.3, -0.25) is 4.79 Å². The number of carbonyl (C=O) groups is 1. The molecule has 0 bridgehead atoms. The summed E-state index contributed by atoms with van der Waals surface area (Å²) in [5.74, 6) is -1.60. The van der Waals surface area contributed by atoms with E-state index in [1.54, 1.807) is 24.3 Å². The highest BCUT2D eigenvalue weighted by molar-refractivity contribution is 7.22. The van der Waals surface area contributed by atoms with Crippen LogP contribution in [0.15, 0.2) is 54.6 Å². The van der Waals surface area contributed by atoms with E-state index in [1.165, 1.54) is 6.07 Å². The molecule has 5 rings (SSSR count). The normalized spacial score (nSPS) is 14.2. The first-order valence-electron chi connectivity index (χ1n) is 10.4. The molecule has 1 saturated carbocycles. The summed E-state index contributed by atoms with van der Waals surface area (Å²) in [7, 11) is 0. The molecule has 32 heavy (non-hydrogen) atoms. The van der Waals surface area contributed by atoms with Crippen molar-refractivity contribution in [1.29, 1.82) is 0 Å². The largest absolute Gasteiger partial charge is 0.329 e. The van der Waals surface area contributed by atoms with Gasteiger partial charge in [0.1, 0.15) is 17.5 Å². The Labute approximate surface area is 186 Å². The second kappa shape index (κ2) is 8.39. The zero-order valence-electron chi connectivity index (χ0n) is 17.0. The van der Waals surface area contributed by atoms with Gasteiger partial charge < -0.3 is 5.32 Å². The van der Waals surface area contributed by atoms with E-state index in [2.05, 4.69) is 10.3 Å². The van der Waals surface area contributed by atoms with E-state index in [0.717, 1.165) is 54.7 Å². The van der Waals surface area contributed by atoms with E-state index >= 15 is 0 Å². The molecule has 0 spiro atoms. The summed E-state index contributed by atoms with van der Waals surface area (Å²) in [6.45, 7) is 0. The molecule has 7 heteroatoms. The molecular formula is C25H19F3N2OS. The van der Waals surface area contributed by atoms with Crippen LogP contribution in [0, 0.1) is 23.4 Å². The van der Waals surface area contributed by atoms with Crippen LogP contribution in [0.25, 0.3) is 21.3 Å². The molecule has 1 heterocycles. The Bertz CT molecular complexity index is 1310. The summed E-state index contributed by atoms with van der Waals surface area (Å²) >= 11 is 0.989. The molecule has 0 unspecified atom stereocenters. The highest BCUT2D eigenvalue weighted by atomic mass is 32.1. The maximum absolute atomic E-state index is 14.8. The van der Waals surface area contributed by atoms with Crippen LogP contribution in [0.4, 0.5) is 24.0 Å². The number of fused-ring (bicyclic) bond motifs is 1. The zero-order chi connectivity index (χ0) is 22.2. The number of nitrogens with zero attached hydrogens (tertiary/aromatic N) is 1. The average Bonchev–Trinajstić information content (AvgIpc) is 3.45. The van der Waals surface area contributed by atoms with Gasteiger partial charge in [0.05, 0.1) is 15.9 Å². The number of Topliss-reactive ketones (excluding diaryl/α,β-unsaturated/α-hetero) is 1. The number of rotatable bonds is 5. The molecular weight excluding hydrogens is 433 g/mol. The van der Waals surface area contributed by atoms with Gasteiger partial charge in [-0.25, -0.2) is 18.2 Å².